The van der Waals surface area contributed by atoms with Crippen LogP contribution in [0.1, 0.15) is 18.0 Å². The van der Waals surface area contributed by atoms with E-state index in [-0.39, 0.29) is 24.5 Å². The van der Waals surface area contributed by atoms with Gasteiger partial charge in [-0.05, 0) is 24.1 Å². The second kappa shape index (κ2) is 6.88. The monoisotopic (exact) mass is 388 g/mol. The van der Waals surface area contributed by atoms with E-state index in [0.29, 0.717) is 12.1 Å². The molecule has 0 aromatic heterocycles. The Hall–Kier alpha value is -3.41. The number of rotatable bonds is 3. The molecular weight excluding hydrogens is 368 g/mol. The van der Waals surface area contributed by atoms with Gasteiger partial charge in [0.15, 0.2) is 0 Å². The van der Waals surface area contributed by atoms with E-state index in [2.05, 4.69) is 0 Å². The van der Waals surface area contributed by atoms with E-state index in [1.54, 1.807) is 29.2 Å². The number of imide groups is 1. The van der Waals surface area contributed by atoms with Crippen molar-refractivity contribution in [2.24, 2.45) is 11.8 Å². The van der Waals surface area contributed by atoms with Crippen LogP contribution in [0.2, 0.25) is 0 Å². The molecule has 146 valence electrons. The smallest absolute Gasteiger partial charge is 0.411 e. The lowest BCUT2D eigenvalue weighted by Crippen LogP contribution is -2.47. The number of anilines is 1. The molecule has 0 radical (unpaired) electrons. The van der Waals surface area contributed by atoms with E-state index in [1.807, 2.05) is 48.6 Å². The first kappa shape index (κ1) is 17.7. The lowest BCUT2D eigenvalue weighted by atomic mass is 9.80. The van der Waals surface area contributed by atoms with Gasteiger partial charge in [0.1, 0.15) is 6.61 Å². The molecule has 2 aliphatic heterocycles. The molecule has 6 heteroatoms. The van der Waals surface area contributed by atoms with Crippen molar-refractivity contribution in [3.8, 4) is 0 Å². The Morgan fingerprint density at radius 3 is 2.28 bits per heavy atom. The molecule has 2 fully saturated rings. The Labute approximate surface area is 168 Å². The van der Waals surface area contributed by atoms with Crippen LogP contribution in [0, 0.1) is 11.8 Å². The van der Waals surface area contributed by atoms with Crippen LogP contribution in [-0.2, 0) is 14.3 Å². The van der Waals surface area contributed by atoms with E-state index in [1.165, 1.54) is 4.90 Å². The highest BCUT2D eigenvalue weighted by Crippen LogP contribution is 2.43. The number of hydrogen-bond donors (Lipinski definition) is 0. The highest BCUT2D eigenvalue weighted by atomic mass is 16.6. The van der Waals surface area contributed by atoms with Crippen LogP contribution in [0.5, 0.6) is 0 Å². The number of benzene rings is 2. The normalized spacial score (nSPS) is 28.6. The molecule has 0 unspecified atom stereocenters. The lowest BCUT2D eigenvalue weighted by molar-refractivity contribution is -0.122. The summed E-state index contributed by atoms with van der Waals surface area (Å²) in [5.74, 6) is -1.54. The van der Waals surface area contributed by atoms with Crippen molar-refractivity contribution in [2.75, 3.05) is 11.5 Å². The van der Waals surface area contributed by atoms with Crippen LogP contribution in [-0.4, -0.2) is 35.5 Å². The summed E-state index contributed by atoms with van der Waals surface area (Å²) >= 11 is 0. The van der Waals surface area contributed by atoms with Crippen molar-refractivity contribution in [3.05, 3.63) is 78.4 Å². The van der Waals surface area contributed by atoms with E-state index < -0.39 is 24.0 Å². The third kappa shape index (κ3) is 2.75. The van der Waals surface area contributed by atoms with Crippen LogP contribution in [0.15, 0.2) is 72.8 Å². The Balaban J connectivity index is 1.52. The average molecular weight is 388 g/mol. The Kier molecular flexibility index (Phi) is 4.19. The largest absolute Gasteiger partial charge is 0.447 e. The minimum absolute atomic E-state index is 0.204. The number of carbonyl (C=O) groups excluding carboxylic acids is 3. The van der Waals surface area contributed by atoms with Crippen LogP contribution >= 0.6 is 0 Å². The molecule has 29 heavy (non-hydrogen) atoms. The molecular formula is C23H20N2O4. The molecule has 6 nitrogen and oxygen atoms in total. The van der Waals surface area contributed by atoms with Gasteiger partial charge in [-0.1, -0.05) is 60.7 Å². The second-order valence-corrected chi connectivity index (χ2v) is 7.54. The number of para-hydroxylation sites is 1. The minimum Gasteiger partial charge on any atom is -0.447 e. The molecule has 2 aromatic rings. The van der Waals surface area contributed by atoms with E-state index in [0.717, 1.165) is 5.56 Å². The van der Waals surface area contributed by atoms with Gasteiger partial charge in [0, 0.05) is 0 Å². The highest BCUT2D eigenvalue weighted by Gasteiger charge is 2.55. The predicted molar refractivity (Wildman–Crippen MR) is 106 cm³/mol. The zero-order valence-corrected chi connectivity index (χ0v) is 15.7. The molecule has 2 aromatic carbocycles. The zero-order chi connectivity index (χ0) is 20.0. The topological polar surface area (TPSA) is 66.9 Å². The van der Waals surface area contributed by atoms with E-state index >= 15 is 0 Å². The summed E-state index contributed by atoms with van der Waals surface area (Å²) in [5, 5.41) is 0. The number of amides is 3. The fraction of sp³-hybridized carbons (Fsp3) is 0.261. The number of nitrogens with zero attached hydrogens (tertiary/aromatic N) is 2. The standard InChI is InChI=1S/C23H20N2O4/c26-21-17-12-7-13-18(20(17)22(27)24(21)16-10-5-2-6-11-16)25-19(14-29-23(25)28)15-8-3-1-4-9-15/h1-11,13,17-20H,12,14H2/t17-,18+,19-,20-/m0/s1. The van der Waals surface area contributed by atoms with Gasteiger partial charge in [-0.3, -0.25) is 14.5 Å². The summed E-state index contributed by atoms with van der Waals surface area (Å²) in [6.45, 7) is 0.231. The quantitative estimate of drug-likeness (QED) is 0.598. The summed E-state index contributed by atoms with van der Waals surface area (Å²) < 4.78 is 5.35. The van der Waals surface area contributed by atoms with Gasteiger partial charge in [0.2, 0.25) is 11.8 Å². The molecule has 0 saturated carbocycles. The summed E-state index contributed by atoms with van der Waals surface area (Å²) in [7, 11) is 0. The maximum Gasteiger partial charge on any atom is 0.411 e. The molecule has 3 amide bonds. The van der Waals surface area contributed by atoms with Crippen LogP contribution in [0.4, 0.5) is 10.5 Å². The number of allylic oxidation sites excluding steroid dienone is 1. The van der Waals surface area contributed by atoms with Gasteiger partial charge >= 0.3 is 6.09 Å². The number of carbonyl (C=O) groups is 3. The predicted octanol–water partition coefficient (Wildman–Crippen LogP) is 3.31. The number of ether oxygens (including phenoxy) is 1. The molecule has 0 bridgehead atoms. The molecule has 2 saturated heterocycles. The van der Waals surface area contributed by atoms with Crippen LogP contribution < -0.4 is 4.90 Å². The minimum atomic E-state index is -0.607. The molecule has 4 atom stereocenters. The Morgan fingerprint density at radius 2 is 1.55 bits per heavy atom. The van der Waals surface area contributed by atoms with Gasteiger partial charge in [-0.25, -0.2) is 9.69 Å². The summed E-state index contributed by atoms with van der Waals surface area (Å²) in [6.07, 6.45) is 3.82. The maximum atomic E-state index is 13.4. The number of hydrogen-bond acceptors (Lipinski definition) is 4. The Bertz CT molecular complexity index is 988. The van der Waals surface area contributed by atoms with Crippen molar-refractivity contribution in [1.29, 1.82) is 0 Å². The molecule has 3 aliphatic rings. The fourth-order valence-corrected chi connectivity index (χ4v) is 4.66. The van der Waals surface area contributed by atoms with Gasteiger partial charge in [-0.15, -0.1) is 0 Å². The molecule has 1 aliphatic carbocycles. The summed E-state index contributed by atoms with van der Waals surface area (Å²) in [4.78, 5) is 42.0. The van der Waals surface area contributed by atoms with Gasteiger partial charge in [0.25, 0.3) is 0 Å². The van der Waals surface area contributed by atoms with Crippen molar-refractivity contribution in [2.45, 2.75) is 18.5 Å². The van der Waals surface area contributed by atoms with Crippen molar-refractivity contribution in [3.63, 3.8) is 0 Å². The number of cyclic esters (lactones) is 1. The number of fused-ring (bicyclic) bond motifs is 1. The first-order valence-electron chi connectivity index (χ1n) is 9.76. The van der Waals surface area contributed by atoms with Gasteiger partial charge < -0.3 is 4.74 Å². The molecule has 0 spiro atoms. The summed E-state index contributed by atoms with van der Waals surface area (Å²) in [5.41, 5.74) is 1.52. The third-order valence-electron chi connectivity index (χ3n) is 6.00. The van der Waals surface area contributed by atoms with E-state index in [4.69, 9.17) is 4.74 Å². The van der Waals surface area contributed by atoms with Gasteiger partial charge in [-0.2, -0.15) is 0 Å². The van der Waals surface area contributed by atoms with Crippen molar-refractivity contribution < 1.29 is 19.1 Å². The first-order valence-corrected chi connectivity index (χ1v) is 9.76. The van der Waals surface area contributed by atoms with Gasteiger partial charge in [0.05, 0.1) is 29.6 Å². The van der Waals surface area contributed by atoms with Crippen LogP contribution in [0.3, 0.4) is 0 Å². The molecule has 2 heterocycles. The molecule has 0 N–H and O–H groups in total. The third-order valence-corrected chi connectivity index (χ3v) is 6.00. The highest BCUT2D eigenvalue weighted by molar-refractivity contribution is 6.22. The fourth-order valence-electron chi connectivity index (χ4n) is 4.66. The average Bonchev–Trinajstić information content (AvgIpc) is 3.27. The van der Waals surface area contributed by atoms with Crippen molar-refractivity contribution >= 4 is 23.6 Å². The zero-order valence-electron chi connectivity index (χ0n) is 15.7. The second-order valence-electron chi connectivity index (χ2n) is 7.54. The first-order chi connectivity index (χ1) is 14.2. The van der Waals surface area contributed by atoms with E-state index in [9.17, 15) is 14.4 Å². The molecule has 5 rings (SSSR count). The Morgan fingerprint density at radius 1 is 0.862 bits per heavy atom. The SMILES string of the molecule is O=C1[C@H]2[C@H](CC=C[C@H]2N2C(=O)OC[C@H]2c2ccccc2)C(=O)N1c1ccccc1. The van der Waals surface area contributed by atoms with Crippen LogP contribution in [0.25, 0.3) is 0 Å². The van der Waals surface area contributed by atoms with Crippen molar-refractivity contribution in [1.82, 2.24) is 4.90 Å². The lowest BCUT2D eigenvalue weighted by Gasteiger charge is -2.35. The summed E-state index contributed by atoms with van der Waals surface area (Å²) in [6, 6.07) is 17.8. The maximum absolute atomic E-state index is 13.4.